The van der Waals surface area contributed by atoms with Gasteiger partial charge in [-0.25, -0.2) is 4.79 Å². The number of nitrogens with zero attached hydrogens (tertiary/aromatic N) is 2. The average Bonchev–Trinajstić information content (AvgIpc) is 3.04. The van der Waals surface area contributed by atoms with Crippen LogP contribution >= 0.6 is 0 Å². The average molecular weight is 681 g/mol. The molecular weight excluding hydrogens is 600 g/mol. The molecule has 0 saturated heterocycles. The summed E-state index contributed by atoms with van der Waals surface area (Å²) in [6.07, 6.45) is 32.5. The number of amides is 1. The molecule has 7 heteroatoms. The Morgan fingerprint density at radius 1 is 0.542 bits per heavy atom. The van der Waals surface area contributed by atoms with Gasteiger partial charge in [-0.15, -0.1) is 0 Å². The van der Waals surface area contributed by atoms with Gasteiger partial charge in [0, 0.05) is 13.5 Å². The number of carbonyl (C=O) groups is 3. The lowest BCUT2D eigenvalue weighted by Crippen LogP contribution is -2.59. The number of ether oxygens (including phenoxy) is 1. The molecule has 0 aromatic rings. The van der Waals surface area contributed by atoms with E-state index in [2.05, 4.69) is 13.8 Å². The monoisotopic (exact) mass is 681 g/mol. The summed E-state index contributed by atoms with van der Waals surface area (Å²) in [5, 5.41) is 9.97. The highest BCUT2D eigenvalue weighted by molar-refractivity contribution is 5.91. The van der Waals surface area contributed by atoms with Crippen LogP contribution in [-0.2, 0) is 19.1 Å². The van der Waals surface area contributed by atoms with Crippen molar-refractivity contribution in [3.63, 3.8) is 0 Å². The summed E-state index contributed by atoms with van der Waals surface area (Å²) in [5.41, 5.74) is -1.46. The Balaban J connectivity index is 4.77. The van der Waals surface area contributed by atoms with Crippen LogP contribution in [-0.4, -0.2) is 72.1 Å². The van der Waals surface area contributed by atoms with Crippen LogP contribution in [0.25, 0.3) is 0 Å². The van der Waals surface area contributed by atoms with E-state index in [0.29, 0.717) is 25.8 Å². The van der Waals surface area contributed by atoms with E-state index in [1.165, 1.54) is 134 Å². The van der Waals surface area contributed by atoms with Crippen molar-refractivity contribution in [2.75, 3.05) is 33.8 Å². The van der Waals surface area contributed by atoms with Crippen molar-refractivity contribution in [1.29, 1.82) is 0 Å². The van der Waals surface area contributed by atoms with E-state index in [4.69, 9.17) is 4.74 Å². The van der Waals surface area contributed by atoms with E-state index in [1.54, 1.807) is 0 Å². The second-order valence-corrected chi connectivity index (χ2v) is 14.8. The van der Waals surface area contributed by atoms with Crippen LogP contribution in [0.4, 0.5) is 0 Å². The minimum absolute atomic E-state index is 0.263. The van der Waals surface area contributed by atoms with Crippen LogP contribution < -0.4 is 0 Å². The number of aliphatic carboxylic acids is 1. The summed E-state index contributed by atoms with van der Waals surface area (Å²) < 4.78 is 5.82. The first-order valence-electron chi connectivity index (χ1n) is 20.5. The molecular formula is C41H80N2O5. The standard InChI is InChI=1S/C41H80N2O5/c1-6-8-10-12-14-16-18-19-20-21-22-23-25-27-29-31-36-48-40(47)41(37-39(45)46,43(38(3)44)35-32-34-42(4)5)33-30-28-26-24-17-15-13-11-9-7-2/h6-37H2,1-5H3,(H,45,46)/t41-/m0/s1. The summed E-state index contributed by atoms with van der Waals surface area (Å²) in [6.45, 7) is 7.32. The highest BCUT2D eigenvalue weighted by atomic mass is 16.5. The Hall–Kier alpha value is -1.63. The molecule has 7 nitrogen and oxygen atoms in total. The van der Waals surface area contributed by atoms with Gasteiger partial charge < -0.3 is 19.6 Å². The zero-order valence-electron chi connectivity index (χ0n) is 32.6. The van der Waals surface area contributed by atoms with Gasteiger partial charge in [-0.05, 0) is 39.9 Å². The molecule has 0 unspecified atom stereocenters. The third-order valence-corrected chi connectivity index (χ3v) is 9.88. The van der Waals surface area contributed by atoms with Crippen LogP contribution in [0.15, 0.2) is 0 Å². The zero-order chi connectivity index (χ0) is 35.7. The number of carboxylic acid groups (broad SMARTS) is 1. The van der Waals surface area contributed by atoms with Crippen molar-refractivity contribution in [2.45, 2.75) is 213 Å². The lowest BCUT2D eigenvalue weighted by molar-refractivity contribution is -0.169. The van der Waals surface area contributed by atoms with E-state index in [9.17, 15) is 19.5 Å². The van der Waals surface area contributed by atoms with Crippen molar-refractivity contribution >= 4 is 17.8 Å². The molecule has 0 aliphatic carbocycles. The minimum atomic E-state index is -1.46. The number of unbranched alkanes of at least 4 members (excludes halogenated alkanes) is 24. The summed E-state index contributed by atoms with van der Waals surface area (Å²) in [7, 11) is 3.94. The van der Waals surface area contributed by atoms with Gasteiger partial charge >= 0.3 is 11.9 Å². The van der Waals surface area contributed by atoms with Gasteiger partial charge in [-0.3, -0.25) is 9.59 Å². The van der Waals surface area contributed by atoms with Crippen LogP contribution in [0.5, 0.6) is 0 Å². The number of carboxylic acids is 1. The van der Waals surface area contributed by atoms with Crippen molar-refractivity contribution in [3.8, 4) is 0 Å². The Morgan fingerprint density at radius 3 is 1.27 bits per heavy atom. The van der Waals surface area contributed by atoms with Gasteiger partial charge in [0.2, 0.25) is 5.91 Å². The lowest BCUT2D eigenvalue weighted by atomic mass is 9.85. The first kappa shape index (κ1) is 46.4. The molecule has 0 bridgehead atoms. The van der Waals surface area contributed by atoms with Gasteiger partial charge in [0.25, 0.3) is 0 Å². The van der Waals surface area contributed by atoms with Crippen LogP contribution in [0.2, 0.25) is 0 Å². The fourth-order valence-corrected chi connectivity index (χ4v) is 6.93. The quantitative estimate of drug-likeness (QED) is 0.0523. The molecule has 284 valence electrons. The summed E-state index contributed by atoms with van der Waals surface area (Å²) in [5.74, 6) is -1.87. The number of rotatable bonds is 36. The molecule has 0 fully saturated rings. The van der Waals surface area contributed by atoms with E-state index in [0.717, 1.165) is 45.1 Å². The predicted molar refractivity (Wildman–Crippen MR) is 203 cm³/mol. The molecule has 0 aliphatic heterocycles. The van der Waals surface area contributed by atoms with Crippen molar-refractivity contribution in [1.82, 2.24) is 9.80 Å². The maximum Gasteiger partial charge on any atom is 0.332 e. The molecule has 1 N–H and O–H groups in total. The SMILES string of the molecule is CCCCCCCCCCCCCCCCCCOC(=O)[C@](CCCCCCCCCCCC)(CC(=O)O)N(CCCN(C)C)C(C)=O. The molecule has 0 rings (SSSR count). The normalized spacial score (nSPS) is 12.7. The number of hydrogen-bond acceptors (Lipinski definition) is 5. The van der Waals surface area contributed by atoms with Crippen molar-refractivity contribution in [2.24, 2.45) is 0 Å². The summed E-state index contributed by atoms with van der Waals surface area (Å²) in [4.78, 5) is 42.5. The second kappa shape index (κ2) is 32.6. The van der Waals surface area contributed by atoms with Crippen molar-refractivity contribution in [3.05, 3.63) is 0 Å². The molecule has 0 aromatic carbocycles. The molecule has 0 aromatic heterocycles. The molecule has 48 heavy (non-hydrogen) atoms. The molecule has 1 amide bonds. The Morgan fingerprint density at radius 2 is 0.917 bits per heavy atom. The second-order valence-electron chi connectivity index (χ2n) is 14.8. The van der Waals surface area contributed by atoms with Crippen molar-refractivity contribution < 1.29 is 24.2 Å². The number of hydrogen-bond donors (Lipinski definition) is 1. The predicted octanol–water partition coefficient (Wildman–Crippen LogP) is 11.1. The summed E-state index contributed by atoms with van der Waals surface area (Å²) in [6, 6.07) is 0. The molecule has 1 atom stereocenters. The highest BCUT2D eigenvalue weighted by Crippen LogP contribution is 2.30. The van der Waals surface area contributed by atoms with Crippen LogP contribution in [0, 0.1) is 0 Å². The van der Waals surface area contributed by atoms with Gasteiger partial charge in [-0.2, -0.15) is 0 Å². The molecule has 0 aliphatic rings. The third kappa shape index (κ3) is 25.4. The smallest absolute Gasteiger partial charge is 0.332 e. The minimum Gasteiger partial charge on any atom is -0.481 e. The Bertz CT molecular complexity index is 774. The first-order valence-corrected chi connectivity index (χ1v) is 20.5. The fraction of sp³-hybridized carbons (Fsp3) is 0.927. The Kier molecular flexibility index (Phi) is 31.5. The highest BCUT2D eigenvalue weighted by Gasteiger charge is 2.48. The number of esters is 1. The van der Waals surface area contributed by atoms with Gasteiger partial charge in [-0.1, -0.05) is 174 Å². The molecule has 0 spiro atoms. The maximum atomic E-state index is 13.8. The topological polar surface area (TPSA) is 87.2 Å². The summed E-state index contributed by atoms with van der Waals surface area (Å²) >= 11 is 0. The molecule has 0 heterocycles. The zero-order valence-corrected chi connectivity index (χ0v) is 32.6. The Labute approximate surface area is 297 Å². The first-order chi connectivity index (χ1) is 23.2. The van der Waals surface area contributed by atoms with E-state index < -0.39 is 23.9 Å². The third-order valence-electron chi connectivity index (χ3n) is 9.88. The van der Waals surface area contributed by atoms with Gasteiger partial charge in [0.05, 0.1) is 13.0 Å². The van der Waals surface area contributed by atoms with Crippen LogP contribution in [0.1, 0.15) is 207 Å². The fourth-order valence-electron chi connectivity index (χ4n) is 6.93. The van der Waals surface area contributed by atoms with E-state index in [1.807, 2.05) is 19.0 Å². The van der Waals surface area contributed by atoms with Crippen LogP contribution in [0.3, 0.4) is 0 Å². The number of carbonyl (C=O) groups excluding carboxylic acids is 2. The largest absolute Gasteiger partial charge is 0.481 e. The molecule has 0 saturated carbocycles. The van der Waals surface area contributed by atoms with E-state index >= 15 is 0 Å². The van der Waals surface area contributed by atoms with Gasteiger partial charge in [0.1, 0.15) is 0 Å². The maximum absolute atomic E-state index is 13.8. The van der Waals surface area contributed by atoms with E-state index in [-0.39, 0.29) is 12.5 Å². The van der Waals surface area contributed by atoms with Gasteiger partial charge in [0.15, 0.2) is 5.54 Å². The lowest BCUT2D eigenvalue weighted by Gasteiger charge is -2.41. The molecule has 0 radical (unpaired) electrons.